The molecule has 0 unspecified atom stereocenters. The van der Waals surface area contributed by atoms with E-state index < -0.39 is 10.5 Å². The molecule has 0 bridgehead atoms. The van der Waals surface area contributed by atoms with Crippen molar-refractivity contribution < 1.29 is 14.5 Å². The molecule has 1 aromatic heterocycles. The van der Waals surface area contributed by atoms with Crippen LogP contribution in [-0.4, -0.2) is 40.9 Å². The van der Waals surface area contributed by atoms with Gasteiger partial charge in [0.25, 0.3) is 11.2 Å². The van der Waals surface area contributed by atoms with Crippen molar-refractivity contribution in [3.63, 3.8) is 0 Å². The molecule has 0 atom stereocenters. The number of hydrogen-bond acceptors (Lipinski definition) is 6. The summed E-state index contributed by atoms with van der Waals surface area (Å²) >= 11 is 0. The third kappa shape index (κ3) is 3.49. The molecule has 0 N–H and O–H groups in total. The summed E-state index contributed by atoms with van der Waals surface area (Å²) in [6, 6.07) is 9.24. The minimum absolute atomic E-state index is 0.0713. The molecule has 8 nitrogen and oxygen atoms in total. The van der Waals surface area contributed by atoms with Gasteiger partial charge in [-0.2, -0.15) is 5.06 Å². The maximum atomic E-state index is 12.6. The van der Waals surface area contributed by atoms with Gasteiger partial charge in [-0.3, -0.25) is 19.5 Å². The van der Waals surface area contributed by atoms with E-state index in [9.17, 15) is 14.9 Å². The number of hydroxylamine groups is 2. The molecule has 8 heteroatoms. The van der Waals surface area contributed by atoms with Crippen LogP contribution in [0.5, 0.6) is 5.75 Å². The minimum atomic E-state index is -0.749. The van der Waals surface area contributed by atoms with Crippen molar-refractivity contribution in [2.75, 3.05) is 20.7 Å². The molecule has 0 aliphatic carbocycles. The Morgan fingerprint density at radius 1 is 1.30 bits per heavy atom. The topological polar surface area (TPSA) is 86.8 Å². The number of hydrogen-bond donors (Lipinski definition) is 0. The summed E-state index contributed by atoms with van der Waals surface area (Å²) in [6.45, 7) is 4.14. The first-order chi connectivity index (χ1) is 12.7. The van der Waals surface area contributed by atoms with Gasteiger partial charge in [0.2, 0.25) is 0 Å². The zero-order valence-corrected chi connectivity index (χ0v) is 15.6. The van der Waals surface area contributed by atoms with Gasteiger partial charge in [-0.15, -0.1) is 0 Å². The number of nitro benzene ring substituents is 1. The first-order valence-corrected chi connectivity index (χ1v) is 8.39. The van der Waals surface area contributed by atoms with Gasteiger partial charge < -0.3 is 9.57 Å². The van der Waals surface area contributed by atoms with Gasteiger partial charge in [0.05, 0.1) is 24.3 Å². The molecule has 2 aromatic rings. The summed E-state index contributed by atoms with van der Waals surface area (Å²) in [7, 11) is 3.31. The van der Waals surface area contributed by atoms with Crippen LogP contribution in [0.25, 0.3) is 5.70 Å². The van der Waals surface area contributed by atoms with Crippen LogP contribution < -0.4 is 10.3 Å². The van der Waals surface area contributed by atoms with E-state index in [-0.39, 0.29) is 11.2 Å². The first kappa shape index (κ1) is 18.8. The van der Waals surface area contributed by atoms with Crippen molar-refractivity contribution in [3.8, 4) is 5.75 Å². The highest BCUT2D eigenvalue weighted by Gasteiger charge is 2.37. The lowest BCUT2D eigenvalue weighted by Gasteiger charge is -2.38. The highest BCUT2D eigenvalue weighted by Crippen LogP contribution is 2.42. The molecule has 0 saturated carbocycles. The van der Waals surface area contributed by atoms with Crippen molar-refractivity contribution in [1.29, 1.82) is 0 Å². The van der Waals surface area contributed by atoms with Crippen molar-refractivity contribution in [3.05, 3.63) is 74.2 Å². The standard InChI is InChI=1S/C19H21N3O5/c1-19(2)15(12-20(3)26-4)18(21-10-6-5-7-17(21)23)14-11-13(22(24)25)8-9-16(14)27-19/h5-11H,12H2,1-4H3. The summed E-state index contributed by atoms with van der Waals surface area (Å²) in [6.07, 6.45) is 1.65. The Morgan fingerprint density at radius 3 is 2.67 bits per heavy atom. The lowest BCUT2D eigenvalue weighted by Crippen LogP contribution is -2.41. The molecular weight excluding hydrogens is 350 g/mol. The van der Waals surface area contributed by atoms with E-state index in [2.05, 4.69) is 0 Å². The zero-order valence-electron chi connectivity index (χ0n) is 15.6. The van der Waals surface area contributed by atoms with E-state index in [1.165, 1.54) is 22.8 Å². The quantitative estimate of drug-likeness (QED) is 0.593. The fraction of sp³-hybridized carbons (Fsp3) is 0.316. The first-order valence-electron chi connectivity index (χ1n) is 8.39. The van der Waals surface area contributed by atoms with Gasteiger partial charge >= 0.3 is 0 Å². The van der Waals surface area contributed by atoms with Crippen molar-refractivity contribution >= 4 is 11.4 Å². The Labute approximate surface area is 156 Å². The smallest absolute Gasteiger partial charge is 0.270 e. The molecule has 1 aliphatic rings. The maximum Gasteiger partial charge on any atom is 0.270 e. The van der Waals surface area contributed by atoms with Crippen LogP contribution in [-0.2, 0) is 4.84 Å². The molecule has 0 radical (unpaired) electrons. The largest absolute Gasteiger partial charge is 0.483 e. The average molecular weight is 371 g/mol. The van der Waals surface area contributed by atoms with Crippen molar-refractivity contribution in [2.45, 2.75) is 19.4 Å². The predicted molar refractivity (Wildman–Crippen MR) is 100 cm³/mol. The molecule has 0 spiro atoms. The van der Waals surface area contributed by atoms with Gasteiger partial charge in [-0.25, -0.2) is 0 Å². The maximum absolute atomic E-state index is 12.6. The number of fused-ring (bicyclic) bond motifs is 1. The summed E-state index contributed by atoms with van der Waals surface area (Å²) in [5.41, 5.74) is 0.780. The minimum Gasteiger partial charge on any atom is -0.483 e. The van der Waals surface area contributed by atoms with Gasteiger partial charge in [-0.05, 0) is 26.0 Å². The molecule has 3 rings (SSSR count). The predicted octanol–water partition coefficient (Wildman–Crippen LogP) is 2.68. The van der Waals surface area contributed by atoms with Crippen LogP contribution in [0.3, 0.4) is 0 Å². The van der Waals surface area contributed by atoms with Crippen LogP contribution in [0, 0.1) is 10.1 Å². The summed E-state index contributed by atoms with van der Waals surface area (Å²) < 4.78 is 7.62. The fourth-order valence-corrected chi connectivity index (χ4v) is 3.13. The second kappa shape index (κ2) is 6.98. The SMILES string of the molecule is CON(C)CC1=C(n2ccccc2=O)c2cc([N+](=O)[O-])ccc2OC1(C)C. The number of pyridine rings is 1. The number of non-ortho nitro benzene ring substituents is 1. The molecule has 27 heavy (non-hydrogen) atoms. The van der Waals surface area contributed by atoms with E-state index in [0.717, 1.165) is 5.57 Å². The Hall–Kier alpha value is -2.97. The normalized spacial score (nSPS) is 15.4. The van der Waals surface area contributed by atoms with E-state index in [0.29, 0.717) is 23.6 Å². The highest BCUT2D eigenvalue weighted by molar-refractivity contribution is 5.78. The lowest BCUT2D eigenvalue weighted by atomic mass is 9.89. The lowest BCUT2D eigenvalue weighted by molar-refractivity contribution is -0.384. The zero-order chi connectivity index (χ0) is 19.8. The van der Waals surface area contributed by atoms with Crippen molar-refractivity contribution in [2.24, 2.45) is 0 Å². The van der Waals surface area contributed by atoms with Crippen LogP contribution in [0.1, 0.15) is 19.4 Å². The summed E-state index contributed by atoms with van der Waals surface area (Å²) in [4.78, 5) is 28.6. The van der Waals surface area contributed by atoms with Gasteiger partial charge in [0, 0.05) is 42.6 Å². The number of rotatable bonds is 5. The van der Waals surface area contributed by atoms with E-state index in [4.69, 9.17) is 9.57 Å². The molecule has 142 valence electrons. The van der Waals surface area contributed by atoms with Crippen LogP contribution >= 0.6 is 0 Å². The Kier molecular flexibility index (Phi) is 4.86. The summed E-state index contributed by atoms with van der Waals surface area (Å²) in [5.74, 6) is 0.486. The number of ether oxygens (including phenoxy) is 1. The van der Waals surface area contributed by atoms with Gasteiger partial charge in [0.1, 0.15) is 11.4 Å². The van der Waals surface area contributed by atoms with Crippen LogP contribution in [0.2, 0.25) is 0 Å². The molecule has 0 fully saturated rings. The third-order valence-electron chi connectivity index (χ3n) is 4.56. The Bertz CT molecular complexity index is 977. The number of nitro groups is 1. The Morgan fingerprint density at radius 2 is 2.04 bits per heavy atom. The number of nitrogens with zero attached hydrogens (tertiary/aromatic N) is 3. The van der Waals surface area contributed by atoms with E-state index in [1.807, 2.05) is 13.8 Å². The van der Waals surface area contributed by atoms with E-state index in [1.54, 1.807) is 43.6 Å². The van der Waals surface area contributed by atoms with Gasteiger partial charge in [0.15, 0.2) is 0 Å². The molecule has 2 heterocycles. The van der Waals surface area contributed by atoms with Gasteiger partial charge in [-0.1, -0.05) is 6.07 Å². The van der Waals surface area contributed by atoms with Crippen LogP contribution in [0.4, 0.5) is 5.69 Å². The van der Waals surface area contributed by atoms with E-state index >= 15 is 0 Å². The average Bonchev–Trinajstić information content (AvgIpc) is 2.62. The highest BCUT2D eigenvalue weighted by atomic mass is 16.7. The Balaban J connectivity index is 2.36. The monoisotopic (exact) mass is 371 g/mol. The van der Waals surface area contributed by atoms with Crippen molar-refractivity contribution in [1.82, 2.24) is 9.63 Å². The second-order valence-corrected chi connectivity index (χ2v) is 6.75. The second-order valence-electron chi connectivity index (χ2n) is 6.75. The summed E-state index contributed by atoms with van der Waals surface area (Å²) in [5, 5.41) is 12.9. The number of likely N-dealkylation sites (N-methyl/N-ethyl adjacent to an activating group) is 1. The number of benzene rings is 1. The molecule has 1 aromatic carbocycles. The molecule has 1 aliphatic heterocycles. The molecule has 0 amide bonds. The number of aromatic nitrogens is 1. The third-order valence-corrected chi connectivity index (χ3v) is 4.56. The molecule has 0 saturated heterocycles. The fourth-order valence-electron chi connectivity index (χ4n) is 3.13. The van der Waals surface area contributed by atoms with Crippen LogP contribution in [0.15, 0.2) is 53.0 Å². The molecular formula is C19H21N3O5.